The number of nitrogens with zero attached hydrogens (tertiary/aromatic N) is 3. The molecule has 0 aliphatic rings. The molecule has 0 atom stereocenters. The van der Waals surface area contributed by atoms with Crippen molar-refractivity contribution in [1.82, 2.24) is 15.2 Å². The molecule has 0 fully saturated rings. The maximum Gasteiger partial charge on any atom is 0.276 e. The highest BCUT2D eigenvalue weighted by Crippen LogP contribution is 2.21. The number of amides is 1. The summed E-state index contributed by atoms with van der Waals surface area (Å²) in [6.07, 6.45) is 2.57. The highest BCUT2D eigenvalue weighted by molar-refractivity contribution is 6.07. The second-order valence-electron chi connectivity index (χ2n) is 5.41. The SMILES string of the molecule is COCCCNc1ccc(C(=O)Nc2cccc3cccnc23)nn1. The summed E-state index contributed by atoms with van der Waals surface area (Å²) in [7, 11) is 1.67. The smallest absolute Gasteiger partial charge is 0.276 e. The van der Waals surface area contributed by atoms with Crippen molar-refractivity contribution in [3.05, 3.63) is 54.4 Å². The molecule has 0 radical (unpaired) electrons. The van der Waals surface area contributed by atoms with Gasteiger partial charge in [-0.2, -0.15) is 0 Å². The van der Waals surface area contributed by atoms with Gasteiger partial charge in [-0.05, 0) is 30.7 Å². The van der Waals surface area contributed by atoms with E-state index in [1.165, 1.54) is 0 Å². The summed E-state index contributed by atoms with van der Waals surface area (Å²) in [6, 6.07) is 12.8. The number of nitrogens with one attached hydrogen (secondary N) is 2. The van der Waals surface area contributed by atoms with Crippen LogP contribution in [0.1, 0.15) is 16.9 Å². The molecule has 0 saturated carbocycles. The van der Waals surface area contributed by atoms with Gasteiger partial charge in [0.15, 0.2) is 5.69 Å². The second kappa shape index (κ2) is 8.16. The largest absolute Gasteiger partial charge is 0.385 e. The minimum atomic E-state index is -0.323. The van der Waals surface area contributed by atoms with Crippen molar-refractivity contribution in [2.45, 2.75) is 6.42 Å². The molecule has 2 N–H and O–H groups in total. The molecule has 0 bridgehead atoms. The third-order valence-electron chi connectivity index (χ3n) is 3.61. The van der Waals surface area contributed by atoms with Crippen LogP contribution in [-0.4, -0.2) is 41.3 Å². The van der Waals surface area contributed by atoms with Crippen molar-refractivity contribution in [1.29, 1.82) is 0 Å². The molecule has 0 saturated heterocycles. The van der Waals surface area contributed by atoms with Crippen LogP contribution >= 0.6 is 0 Å². The van der Waals surface area contributed by atoms with E-state index >= 15 is 0 Å². The standard InChI is InChI=1S/C18H19N5O2/c1-25-12-4-11-19-16-9-8-15(22-23-16)18(24)21-14-7-2-5-13-6-3-10-20-17(13)14/h2-3,5-10H,4,11-12H2,1H3,(H,19,23)(H,21,24). The number of fused-ring (bicyclic) bond motifs is 1. The Labute approximate surface area is 145 Å². The van der Waals surface area contributed by atoms with Crippen molar-refractivity contribution in [3.8, 4) is 0 Å². The lowest BCUT2D eigenvalue weighted by Crippen LogP contribution is -2.15. The van der Waals surface area contributed by atoms with Crippen LogP contribution in [-0.2, 0) is 4.74 Å². The van der Waals surface area contributed by atoms with E-state index in [1.54, 1.807) is 25.4 Å². The van der Waals surface area contributed by atoms with Crippen LogP contribution in [0, 0.1) is 0 Å². The summed E-state index contributed by atoms with van der Waals surface area (Å²) >= 11 is 0. The lowest BCUT2D eigenvalue weighted by atomic mass is 10.2. The Balaban J connectivity index is 1.66. The molecule has 2 aromatic heterocycles. The number of hydrogen-bond donors (Lipinski definition) is 2. The fraction of sp³-hybridized carbons (Fsp3) is 0.222. The van der Waals surface area contributed by atoms with E-state index in [0.29, 0.717) is 18.1 Å². The van der Waals surface area contributed by atoms with Gasteiger partial charge in [-0.15, -0.1) is 10.2 Å². The molecule has 3 rings (SSSR count). The second-order valence-corrected chi connectivity index (χ2v) is 5.41. The molecule has 7 nitrogen and oxygen atoms in total. The Bertz CT molecular complexity index is 846. The number of carbonyl (C=O) groups is 1. The number of rotatable bonds is 7. The first kappa shape index (κ1) is 16.8. The van der Waals surface area contributed by atoms with Gasteiger partial charge in [-0.1, -0.05) is 18.2 Å². The lowest BCUT2D eigenvalue weighted by molar-refractivity contribution is 0.102. The van der Waals surface area contributed by atoms with Gasteiger partial charge in [0, 0.05) is 31.8 Å². The number of pyridine rings is 1. The third kappa shape index (κ3) is 4.27. The predicted octanol–water partition coefficient (Wildman–Crippen LogP) is 2.73. The van der Waals surface area contributed by atoms with E-state index < -0.39 is 0 Å². The van der Waals surface area contributed by atoms with E-state index in [4.69, 9.17) is 4.74 Å². The van der Waals surface area contributed by atoms with Crippen LogP contribution in [0.15, 0.2) is 48.7 Å². The van der Waals surface area contributed by atoms with Crippen LogP contribution in [0.3, 0.4) is 0 Å². The molecule has 2 heterocycles. The molecule has 0 aliphatic heterocycles. The van der Waals surface area contributed by atoms with Crippen LogP contribution in [0.4, 0.5) is 11.5 Å². The van der Waals surface area contributed by atoms with Crippen LogP contribution in [0.25, 0.3) is 10.9 Å². The fourth-order valence-corrected chi connectivity index (χ4v) is 2.37. The zero-order valence-electron chi connectivity index (χ0n) is 13.9. The van der Waals surface area contributed by atoms with Gasteiger partial charge in [-0.25, -0.2) is 0 Å². The van der Waals surface area contributed by atoms with Crippen molar-refractivity contribution in [2.75, 3.05) is 30.9 Å². The number of aromatic nitrogens is 3. The number of anilines is 2. The number of benzene rings is 1. The molecule has 25 heavy (non-hydrogen) atoms. The van der Waals surface area contributed by atoms with Crippen molar-refractivity contribution >= 4 is 28.3 Å². The molecule has 0 unspecified atom stereocenters. The van der Waals surface area contributed by atoms with Crippen LogP contribution < -0.4 is 10.6 Å². The number of carbonyl (C=O) groups excluding carboxylic acids is 1. The van der Waals surface area contributed by atoms with E-state index in [9.17, 15) is 4.79 Å². The van der Waals surface area contributed by atoms with Crippen molar-refractivity contribution < 1.29 is 9.53 Å². The van der Waals surface area contributed by atoms with E-state index in [0.717, 1.165) is 23.9 Å². The molecule has 0 aliphatic carbocycles. The number of ether oxygens (including phenoxy) is 1. The summed E-state index contributed by atoms with van der Waals surface area (Å²) in [5.41, 5.74) is 1.63. The van der Waals surface area contributed by atoms with Crippen LogP contribution in [0.5, 0.6) is 0 Å². The third-order valence-corrected chi connectivity index (χ3v) is 3.61. The predicted molar refractivity (Wildman–Crippen MR) is 96.7 cm³/mol. The van der Waals surface area contributed by atoms with Gasteiger partial charge in [0.1, 0.15) is 5.82 Å². The van der Waals surface area contributed by atoms with Gasteiger partial charge >= 0.3 is 0 Å². The Hall–Kier alpha value is -3.06. The summed E-state index contributed by atoms with van der Waals surface area (Å²) in [5.74, 6) is 0.302. The molecule has 128 valence electrons. The Morgan fingerprint density at radius 1 is 1.12 bits per heavy atom. The van der Waals surface area contributed by atoms with E-state index in [1.807, 2.05) is 30.3 Å². The summed E-state index contributed by atoms with van der Waals surface area (Å²) in [6.45, 7) is 1.41. The molecule has 1 amide bonds. The van der Waals surface area contributed by atoms with E-state index in [2.05, 4.69) is 25.8 Å². The summed E-state index contributed by atoms with van der Waals surface area (Å²) < 4.78 is 4.98. The molecule has 1 aromatic carbocycles. The normalized spacial score (nSPS) is 10.6. The Morgan fingerprint density at radius 3 is 2.80 bits per heavy atom. The first-order valence-corrected chi connectivity index (χ1v) is 7.99. The lowest BCUT2D eigenvalue weighted by Gasteiger charge is -2.08. The minimum Gasteiger partial charge on any atom is -0.385 e. The first-order chi connectivity index (χ1) is 12.3. The number of methoxy groups -OCH3 is 1. The van der Waals surface area contributed by atoms with Gasteiger partial charge in [-0.3, -0.25) is 9.78 Å². The minimum absolute atomic E-state index is 0.246. The molecule has 3 aromatic rings. The zero-order valence-corrected chi connectivity index (χ0v) is 13.9. The zero-order chi connectivity index (χ0) is 17.5. The maximum atomic E-state index is 12.4. The highest BCUT2D eigenvalue weighted by atomic mass is 16.5. The number of para-hydroxylation sites is 1. The molecule has 7 heteroatoms. The van der Waals surface area contributed by atoms with Crippen LogP contribution in [0.2, 0.25) is 0 Å². The molecular weight excluding hydrogens is 318 g/mol. The van der Waals surface area contributed by atoms with Gasteiger partial charge < -0.3 is 15.4 Å². The summed E-state index contributed by atoms with van der Waals surface area (Å²) in [5, 5.41) is 14.9. The molecule has 0 spiro atoms. The van der Waals surface area contributed by atoms with Gasteiger partial charge in [0.05, 0.1) is 11.2 Å². The average molecular weight is 337 g/mol. The highest BCUT2D eigenvalue weighted by Gasteiger charge is 2.11. The van der Waals surface area contributed by atoms with Crippen molar-refractivity contribution in [2.24, 2.45) is 0 Å². The van der Waals surface area contributed by atoms with Gasteiger partial charge in [0.2, 0.25) is 0 Å². The Kier molecular flexibility index (Phi) is 5.48. The quantitative estimate of drug-likeness (QED) is 0.645. The monoisotopic (exact) mass is 337 g/mol. The Morgan fingerprint density at radius 2 is 2.00 bits per heavy atom. The topological polar surface area (TPSA) is 89.0 Å². The fourth-order valence-electron chi connectivity index (χ4n) is 2.37. The molecular formula is C18H19N5O2. The van der Waals surface area contributed by atoms with E-state index in [-0.39, 0.29) is 11.6 Å². The summed E-state index contributed by atoms with van der Waals surface area (Å²) in [4.78, 5) is 16.7. The number of hydrogen-bond acceptors (Lipinski definition) is 6. The first-order valence-electron chi connectivity index (χ1n) is 7.99. The average Bonchev–Trinajstić information content (AvgIpc) is 2.66. The van der Waals surface area contributed by atoms with Crippen molar-refractivity contribution in [3.63, 3.8) is 0 Å². The van der Waals surface area contributed by atoms with Gasteiger partial charge in [0.25, 0.3) is 5.91 Å². The maximum absolute atomic E-state index is 12.4.